The smallest absolute Gasteiger partial charge is 0.252 e. The quantitative estimate of drug-likeness (QED) is 0.847. The molecular formula is C15H15ClN2O2. The third-order valence-corrected chi connectivity index (χ3v) is 3.26. The lowest BCUT2D eigenvalue weighted by atomic mass is 10.1. The Morgan fingerprint density at radius 3 is 2.65 bits per heavy atom. The van der Waals surface area contributed by atoms with E-state index in [0.717, 1.165) is 12.0 Å². The van der Waals surface area contributed by atoms with E-state index in [1.807, 2.05) is 13.0 Å². The Hall–Kier alpha value is -2.20. The molecular weight excluding hydrogens is 276 g/mol. The first kappa shape index (κ1) is 14.2. The zero-order valence-electron chi connectivity index (χ0n) is 11.0. The van der Waals surface area contributed by atoms with Gasteiger partial charge in [0, 0.05) is 10.7 Å². The summed E-state index contributed by atoms with van der Waals surface area (Å²) in [5.41, 5.74) is 12.6. The lowest BCUT2D eigenvalue weighted by molar-refractivity contribution is 0.0998. The number of amides is 1. The first-order chi connectivity index (χ1) is 9.51. The van der Waals surface area contributed by atoms with E-state index in [-0.39, 0.29) is 5.56 Å². The molecule has 104 valence electrons. The van der Waals surface area contributed by atoms with Gasteiger partial charge in [0.05, 0.1) is 5.56 Å². The molecule has 4 nitrogen and oxygen atoms in total. The van der Waals surface area contributed by atoms with Gasteiger partial charge in [0.1, 0.15) is 11.5 Å². The summed E-state index contributed by atoms with van der Waals surface area (Å²) in [6.45, 7) is 2.00. The number of ether oxygens (including phenoxy) is 1. The number of nitrogen functional groups attached to an aromatic ring is 1. The summed E-state index contributed by atoms with van der Waals surface area (Å²) in [6.07, 6.45) is 0.792. The average Bonchev–Trinajstić information content (AvgIpc) is 2.42. The highest BCUT2D eigenvalue weighted by atomic mass is 35.5. The SMILES string of the molecule is CCc1cc(Oc2ccc(N)cc2C(N)=O)ccc1Cl. The summed E-state index contributed by atoms with van der Waals surface area (Å²) < 4.78 is 5.71. The molecule has 0 spiro atoms. The van der Waals surface area contributed by atoms with Crippen molar-refractivity contribution in [1.82, 2.24) is 0 Å². The standard InChI is InChI=1S/C15H15ClN2O2/c1-2-9-7-11(4-5-13(9)16)20-14-6-3-10(17)8-12(14)15(18)19/h3-8H,2,17H2,1H3,(H2,18,19). The highest BCUT2D eigenvalue weighted by Crippen LogP contribution is 2.29. The van der Waals surface area contributed by atoms with Gasteiger partial charge < -0.3 is 16.2 Å². The third-order valence-electron chi connectivity index (χ3n) is 2.89. The minimum Gasteiger partial charge on any atom is -0.457 e. The van der Waals surface area contributed by atoms with Crippen LogP contribution < -0.4 is 16.2 Å². The lowest BCUT2D eigenvalue weighted by Crippen LogP contribution is -2.12. The van der Waals surface area contributed by atoms with Crippen LogP contribution in [0.1, 0.15) is 22.8 Å². The summed E-state index contributed by atoms with van der Waals surface area (Å²) in [5.74, 6) is 0.381. The summed E-state index contributed by atoms with van der Waals surface area (Å²) >= 11 is 6.06. The highest BCUT2D eigenvalue weighted by molar-refractivity contribution is 6.31. The monoisotopic (exact) mass is 290 g/mol. The van der Waals surface area contributed by atoms with Gasteiger partial charge >= 0.3 is 0 Å². The normalized spacial score (nSPS) is 10.3. The number of anilines is 1. The Kier molecular flexibility index (Phi) is 4.15. The van der Waals surface area contributed by atoms with Crippen LogP contribution in [0, 0.1) is 0 Å². The van der Waals surface area contributed by atoms with E-state index < -0.39 is 5.91 Å². The minimum atomic E-state index is -0.586. The Morgan fingerprint density at radius 2 is 2.00 bits per heavy atom. The molecule has 0 atom stereocenters. The number of nitrogens with two attached hydrogens (primary N) is 2. The van der Waals surface area contributed by atoms with Crippen molar-refractivity contribution in [2.45, 2.75) is 13.3 Å². The van der Waals surface area contributed by atoms with E-state index >= 15 is 0 Å². The van der Waals surface area contributed by atoms with Crippen molar-refractivity contribution in [2.75, 3.05) is 5.73 Å². The summed E-state index contributed by atoms with van der Waals surface area (Å²) in [5, 5.41) is 0.687. The molecule has 0 bridgehead atoms. The molecule has 2 aromatic carbocycles. The molecule has 1 amide bonds. The second-order valence-electron chi connectivity index (χ2n) is 4.33. The molecule has 0 saturated heterocycles. The highest BCUT2D eigenvalue weighted by Gasteiger charge is 2.11. The zero-order chi connectivity index (χ0) is 14.7. The number of rotatable bonds is 4. The number of aryl methyl sites for hydroxylation is 1. The molecule has 2 rings (SSSR count). The van der Waals surface area contributed by atoms with Crippen LogP contribution in [0.5, 0.6) is 11.5 Å². The molecule has 0 aromatic heterocycles. The van der Waals surface area contributed by atoms with Gasteiger partial charge in [0.15, 0.2) is 0 Å². The molecule has 0 aliphatic carbocycles. The topological polar surface area (TPSA) is 78.3 Å². The Bertz CT molecular complexity index is 656. The molecule has 0 radical (unpaired) electrons. The summed E-state index contributed by atoms with van der Waals surface area (Å²) in [7, 11) is 0. The van der Waals surface area contributed by atoms with Crippen molar-refractivity contribution in [3.05, 3.63) is 52.5 Å². The van der Waals surface area contributed by atoms with E-state index in [1.165, 1.54) is 6.07 Å². The molecule has 0 aliphatic rings. The molecule has 0 saturated carbocycles. The van der Waals surface area contributed by atoms with Crippen molar-refractivity contribution in [1.29, 1.82) is 0 Å². The van der Waals surface area contributed by atoms with E-state index in [2.05, 4.69) is 0 Å². The number of benzene rings is 2. The molecule has 20 heavy (non-hydrogen) atoms. The number of carbonyl (C=O) groups excluding carboxylic acids is 1. The van der Waals surface area contributed by atoms with Crippen molar-refractivity contribution in [3.63, 3.8) is 0 Å². The molecule has 0 heterocycles. The largest absolute Gasteiger partial charge is 0.457 e. The van der Waals surface area contributed by atoms with Crippen molar-refractivity contribution >= 4 is 23.2 Å². The maximum absolute atomic E-state index is 11.4. The molecule has 4 N–H and O–H groups in total. The third kappa shape index (κ3) is 3.03. The molecule has 0 aliphatic heterocycles. The van der Waals surface area contributed by atoms with Gasteiger partial charge in [-0.25, -0.2) is 0 Å². The van der Waals surface area contributed by atoms with Crippen LogP contribution >= 0.6 is 11.6 Å². The summed E-state index contributed by atoms with van der Waals surface area (Å²) in [6, 6.07) is 10.1. The van der Waals surface area contributed by atoms with Crippen LogP contribution in [0.25, 0.3) is 0 Å². The van der Waals surface area contributed by atoms with Gasteiger partial charge in [-0.1, -0.05) is 18.5 Å². The van der Waals surface area contributed by atoms with Gasteiger partial charge in [-0.2, -0.15) is 0 Å². The zero-order valence-corrected chi connectivity index (χ0v) is 11.8. The second-order valence-corrected chi connectivity index (χ2v) is 4.74. The number of carbonyl (C=O) groups is 1. The van der Waals surface area contributed by atoms with E-state index in [0.29, 0.717) is 22.2 Å². The average molecular weight is 291 g/mol. The van der Waals surface area contributed by atoms with E-state index in [9.17, 15) is 4.79 Å². The van der Waals surface area contributed by atoms with Crippen LogP contribution in [0.4, 0.5) is 5.69 Å². The van der Waals surface area contributed by atoms with Crippen molar-refractivity contribution in [3.8, 4) is 11.5 Å². The first-order valence-corrected chi connectivity index (χ1v) is 6.54. The van der Waals surface area contributed by atoms with Crippen LogP contribution in [-0.2, 0) is 6.42 Å². The fourth-order valence-electron chi connectivity index (χ4n) is 1.84. The van der Waals surface area contributed by atoms with Crippen LogP contribution in [0.2, 0.25) is 5.02 Å². The molecule has 0 fully saturated rings. The first-order valence-electron chi connectivity index (χ1n) is 6.17. The number of hydrogen-bond donors (Lipinski definition) is 2. The van der Waals surface area contributed by atoms with Gasteiger partial charge in [-0.15, -0.1) is 0 Å². The number of halogens is 1. The fraction of sp³-hybridized carbons (Fsp3) is 0.133. The Morgan fingerprint density at radius 1 is 1.25 bits per heavy atom. The number of hydrogen-bond acceptors (Lipinski definition) is 3. The predicted octanol–water partition coefficient (Wildman–Crippen LogP) is 3.38. The Labute approximate surface area is 122 Å². The van der Waals surface area contributed by atoms with E-state index in [1.54, 1.807) is 24.3 Å². The molecule has 0 unspecified atom stereocenters. The van der Waals surface area contributed by atoms with Crippen LogP contribution in [-0.4, -0.2) is 5.91 Å². The molecule has 5 heteroatoms. The maximum Gasteiger partial charge on any atom is 0.252 e. The van der Waals surface area contributed by atoms with Crippen molar-refractivity contribution in [2.24, 2.45) is 5.73 Å². The van der Waals surface area contributed by atoms with Gasteiger partial charge in [0.25, 0.3) is 5.91 Å². The second kappa shape index (κ2) is 5.84. The minimum absolute atomic E-state index is 0.248. The molecule has 2 aromatic rings. The van der Waals surface area contributed by atoms with Gasteiger partial charge in [0.2, 0.25) is 0 Å². The maximum atomic E-state index is 11.4. The van der Waals surface area contributed by atoms with Crippen LogP contribution in [0.3, 0.4) is 0 Å². The van der Waals surface area contributed by atoms with Crippen molar-refractivity contribution < 1.29 is 9.53 Å². The summed E-state index contributed by atoms with van der Waals surface area (Å²) in [4.78, 5) is 11.4. The van der Waals surface area contributed by atoms with Gasteiger partial charge in [-0.3, -0.25) is 4.79 Å². The van der Waals surface area contributed by atoms with E-state index in [4.69, 9.17) is 27.8 Å². The van der Waals surface area contributed by atoms with Gasteiger partial charge in [-0.05, 0) is 48.4 Å². The predicted molar refractivity (Wildman–Crippen MR) is 80.3 cm³/mol. The fourth-order valence-corrected chi connectivity index (χ4v) is 2.09. The Balaban J connectivity index is 2.37. The number of primary amides is 1. The lowest BCUT2D eigenvalue weighted by Gasteiger charge is -2.11. The van der Waals surface area contributed by atoms with Crippen LogP contribution in [0.15, 0.2) is 36.4 Å².